The lowest BCUT2D eigenvalue weighted by atomic mass is 10.00. The molecule has 1 amide bonds. The molecule has 1 aliphatic rings. The molecule has 1 aliphatic carbocycles. The van der Waals surface area contributed by atoms with Crippen molar-refractivity contribution in [1.29, 1.82) is 0 Å². The predicted molar refractivity (Wildman–Crippen MR) is 82.2 cm³/mol. The van der Waals surface area contributed by atoms with Gasteiger partial charge in [0.25, 0.3) is 0 Å². The maximum Gasteiger partial charge on any atom is 0.224 e. The van der Waals surface area contributed by atoms with Crippen LogP contribution in [0.5, 0.6) is 0 Å². The van der Waals surface area contributed by atoms with Gasteiger partial charge < -0.3 is 10.6 Å². The molecule has 0 atom stereocenters. The second-order valence-electron chi connectivity index (χ2n) is 4.60. The van der Waals surface area contributed by atoms with E-state index in [1.807, 2.05) is 6.20 Å². The summed E-state index contributed by atoms with van der Waals surface area (Å²) < 4.78 is 0. The molecule has 3 rings (SSSR count). The number of carbonyl (C=O) groups excluding carboxylic acids is 1. The number of thiazole rings is 1. The Kier molecular flexibility index (Phi) is 3.54. The second kappa shape index (κ2) is 5.50. The lowest BCUT2D eigenvalue weighted by Gasteiger charge is -2.14. The normalized spacial score (nSPS) is 12.0. The summed E-state index contributed by atoms with van der Waals surface area (Å²) in [6, 6.07) is 0. The molecule has 0 unspecified atom stereocenters. The smallest absolute Gasteiger partial charge is 0.224 e. The van der Waals surface area contributed by atoms with Crippen molar-refractivity contribution in [3.8, 4) is 22.9 Å². The van der Waals surface area contributed by atoms with E-state index in [-0.39, 0.29) is 5.91 Å². The third-order valence-electron chi connectivity index (χ3n) is 3.04. The number of nitrogens with zero attached hydrogens (tertiary/aromatic N) is 3. The van der Waals surface area contributed by atoms with Gasteiger partial charge in [-0.25, -0.2) is 15.0 Å². The fourth-order valence-corrected chi connectivity index (χ4v) is 3.25. The van der Waals surface area contributed by atoms with E-state index in [4.69, 9.17) is 6.42 Å². The van der Waals surface area contributed by atoms with E-state index in [2.05, 4.69) is 31.5 Å². The van der Waals surface area contributed by atoms with Crippen molar-refractivity contribution in [1.82, 2.24) is 15.0 Å². The van der Waals surface area contributed by atoms with Gasteiger partial charge in [-0.15, -0.1) is 6.42 Å². The topological polar surface area (TPSA) is 79.8 Å². The van der Waals surface area contributed by atoms with E-state index in [1.165, 1.54) is 18.3 Å². The van der Waals surface area contributed by atoms with Gasteiger partial charge in [-0.05, 0) is 18.4 Å². The zero-order valence-electron chi connectivity index (χ0n) is 11.4. The molecule has 0 bridgehead atoms. The number of aromatic nitrogens is 3. The van der Waals surface area contributed by atoms with Crippen molar-refractivity contribution in [3.63, 3.8) is 0 Å². The average molecular weight is 299 g/mol. The Hall–Kier alpha value is -2.46. The first-order chi connectivity index (χ1) is 10.2. The molecule has 0 saturated heterocycles. The standard InChI is InChI=1S/C14H13N5OS/c1-3-6-15-13-16-7-9-4-5-10-12(11(9)19-13)21-14(18-10)17-8(2)20/h1,7H,4-6H2,2H3,(H,15,16,19)(H,17,18,20). The monoisotopic (exact) mass is 299 g/mol. The number of terminal acetylenes is 1. The molecule has 0 saturated carbocycles. The average Bonchev–Trinajstić information content (AvgIpc) is 2.86. The van der Waals surface area contributed by atoms with E-state index in [0.29, 0.717) is 17.6 Å². The number of anilines is 2. The van der Waals surface area contributed by atoms with Crippen LogP contribution in [-0.2, 0) is 17.6 Å². The van der Waals surface area contributed by atoms with Gasteiger partial charge in [-0.2, -0.15) is 0 Å². The van der Waals surface area contributed by atoms with Crippen LogP contribution in [0.2, 0.25) is 0 Å². The Bertz CT molecular complexity index is 746. The van der Waals surface area contributed by atoms with Crippen molar-refractivity contribution >= 4 is 28.3 Å². The number of carbonyl (C=O) groups is 1. The van der Waals surface area contributed by atoms with E-state index in [9.17, 15) is 4.79 Å². The molecular formula is C14H13N5OS. The lowest BCUT2D eigenvalue weighted by Crippen LogP contribution is -2.09. The summed E-state index contributed by atoms with van der Waals surface area (Å²) in [7, 11) is 0. The number of aryl methyl sites for hydroxylation is 2. The summed E-state index contributed by atoms with van der Waals surface area (Å²) >= 11 is 1.44. The molecule has 7 heteroatoms. The van der Waals surface area contributed by atoms with Crippen LogP contribution in [0.1, 0.15) is 18.2 Å². The van der Waals surface area contributed by atoms with Gasteiger partial charge in [-0.3, -0.25) is 4.79 Å². The van der Waals surface area contributed by atoms with Gasteiger partial charge in [0.2, 0.25) is 11.9 Å². The fraction of sp³-hybridized carbons (Fsp3) is 0.286. The molecule has 2 aromatic heterocycles. The molecule has 6 nitrogen and oxygen atoms in total. The molecule has 0 radical (unpaired) electrons. The van der Waals surface area contributed by atoms with Crippen LogP contribution in [0.15, 0.2) is 6.20 Å². The summed E-state index contributed by atoms with van der Waals surface area (Å²) in [5, 5.41) is 6.30. The first-order valence-electron chi connectivity index (χ1n) is 6.48. The number of hydrogen-bond acceptors (Lipinski definition) is 6. The minimum Gasteiger partial charge on any atom is -0.343 e. The zero-order valence-corrected chi connectivity index (χ0v) is 12.3. The van der Waals surface area contributed by atoms with Gasteiger partial charge in [0, 0.05) is 13.1 Å². The lowest BCUT2D eigenvalue weighted by molar-refractivity contribution is -0.114. The SMILES string of the molecule is C#CCNc1ncc2c(n1)-c1sc(NC(C)=O)nc1CC2. The first kappa shape index (κ1) is 13.5. The number of fused-ring (bicyclic) bond motifs is 3. The van der Waals surface area contributed by atoms with Crippen LogP contribution >= 0.6 is 11.3 Å². The Balaban J connectivity index is 1.98. The minimum absolute atomic E-state index is 0.125. The minimum atomic E-state index is -0.125. The van der Waals surface area contributed by atoms with Crippen LogP contribution in [-0.4, -0.2) is 27.4 Å². The van der Waals surface area contributed by atoms with Crippen molar-refractivity contribution < 1.29 is 4.79 Å². The van der Waals surface area contributed by atoms with Crippen LogP contribution < -0.4 is 10.6 Å². The van der Waals surface area contributed by atoms with Crippen molar-refractivity contribution in [2.45, 2.75) is 19.8 Å². The van der Waals surface area contributed by atoms with Crippen molar-refractivity contribution in [3.05, 3.63) is 17.5 Å². The second-order valence-corrected chi connectivity index (χ2v) is 5.60. The third-order valence-corrected chi connectivity index (χ3v) is 4.06. The van der Waals surface area contributed by atoms with Crippen molar-refractivity contribution in [2.75, 3.05) is 17.2 Å². The fourth-order valence-electron chi connectivity index (χ4n) is 2.16. The van der Waals surface area contributed by atoms with Crippen molar-refractivity contribution in [2.24, 2.45) is 0 Å². The summed E-state index contributed by atoms with van der Waals surface area (Å²) in [5.41, 5.74) is 2.93. The zero-order chi connectivity index (χ0) is 14.8. The number of hydrogen-bond donors (Lipinski definition) is 2. The molecule has 0 aromatic carbocycles. The molecule has 0 aliphatic heterocycles. The first-order valence-corrected chi connectivity index (χ1v) is 7.30. The van der Waals surface area contributed by atoms with E-state index in [1.54, 1.807) is 0 Å². The Labute approximate surface area is 126 Å². The van der Waals surface area contributed by atoms with E-state index in [0.717, 1.165) is 34.7 Å². The predicted octanol–water partition coefficient (Wildman–Crippen LogP) is 1.70. The number of nitrogens with one attached hydrogen (secondary N) is 2. The molecule has 2 N–H and O–H groups in total. The molecule has 21 heavy (non-hydrogen) atoms. The Morgan fingerprint density at radius 3 is 3.10 bits per heavy atom. The largest absolute Gasteiger partial charge is 0.343 e. The molecule has 2 aromatic rings. The Morgan fingerprint density at radius 2 is 2.33 bits per heavy atom. The molecular weight excluding hydrogens is 286 g/mol. The van der Waals surface area contributed by atoms with Crippen LogP contribution in [0, 0.1) is 12.3 Å². The summed E-state index contributed by atoms with van der Waals surface area (Å²) in [4.78, 5) is 25.4. The van der Waals surface area contributed by atoms with Crippen LogP contribution in [0.25, 0.3) is 10.6 Å². The summed E-state index contributed by atoms with van der Waals surface area (Å²) in [6.07, 6.45) is 8.73. The van der Waals surface area contributed by atoms with Gasteiger partial charge in [0.05, 0.1) is 22.8 Å². The Morgan fingerprint density at radius 1 is 1.48 bits per heavy atom. The highest BCUT2D eigenvalue weighted by Gasteiger charge is 2.23. The molecule has 2 heterocycles. The summed E-state index contributed by atoms with van der Waals surface area (Å²) in [5.74, 6) is 2.88. The quantitative estimate of drug-likeness (QED) is 0.843. The number of amides is 1. The summed E-state index contributed by atoms with van der Waals surface area (Å²) in [6.45, 7) is 1.85. The maximum absolute atomic E-state index is 11.1. The third kappa shape index (κ3) is 2.71. The molecule has 106 valence electrons. The highest BCUT2D eigenvalue weighted by molar-refractivity contribution is 7.19. The van der Waals surface area contributed by atoms with Gasteiger partial charge in [0.15, 0.2) is 5.13 Å². The van der Waals surface area contributed by atoms with E-state index < -0.39 is 0 Å². The van der Waals surface area contributed by atoms with E-state index >= 15 is 0 Å². The van der Waals surface area contributed by atoms with Crippen LogP contribution in [0.4, 0.5) is 11.1 Å². The highest BCUT2D eigenvalue weighted by Crippen LogP contribution is 2.38. The number of rotatable bonds is 3. The van der Waals surface area contributed by atoms with Gasteiger partial charge in [0.1, 0.15) is 0 Å². The van der Waals surface area contributed by atoms with Gasteiger partial charge in [-0.1, -0.05) is 17.3 Å². The van der Waals surface area contributed by atoms with Crippen LogP contribution in [0.3, 0.4) is 0 Å². The molecule has 0 spiro atoms. The molecule has 0 fully saturated rings. The van der Waals surface area contributed by atoms with Gasteiger partial charge >= 0.3 is 0 Å². The maximum atomic E-state index is 11.1. The highest BCUT2D eigenvalue weighted by atomic mass is 32.1.